The number of ether oxygens (including phenoxy) is 1. The topological polar surface area (TPSA) is 44.7 Å². The van der Waals surface area contributed by atoms with Gasteiger partial charge in [0.2, 0.25) is 0 Å². The molecule has 2 fully saturated rings. The first kappa shape index (κ1) is 25.8. The zero-order valence-corrected chi connectivity index (χ0v) is 23.3. The Kier molecular flexibility index (Phi) is 7.57. The van der Waals surface area contributed by atoms with Crippen LogP contribution in [-0.4, -0.2) is 62.3 Å². The molecule has 5 rings (SSSR count). The number of nitrogens with zero attached hydrogens (tertiary/aromatic N) is 5. The molecule has 1 saturated heterocycles. The summed E-state index contributed by atoms with van der Waals surface area (Å²) in [5.74, 6) is 3.64. The Balaban J connectivity index is 1.50. The summed E-state index contributed by atoms with van der Waals surface area (Å²) in [6.07, 6.45) is 6.74. The van der Waals surface area contributed by atoms with Crippen molar-refractivity contribution in [3.8, 4) is 5.75 Å². The van der Waals surface area contributed by atoms with Gasteiger partial charge in [-0.15, -0.1) is 0 Å². The van der Waals surface area contributed by atoms with Crippen LogP contribution < -0.4 is 14.5 Å². The fourth-order valence-electron chi connectivity index (χ4n) is 6.10. The summed E-state index contributed by atoms with van der Waals surface area (Å²) in [6.45, 7) is 8.56. The van der Waals surface area contributed by atoms with E-state index >= 15 is 0 Å². The monoisotopic (exact) mass is 501 g/mol. The maximum Gasteiger partial charge on any atom is 0.151 e. The van der Waals surface area contributed by atoms with Crippen LogP contribution in [0.15, 0.2) is 42.5 Å². The van der Waals surface area contributed by atoms with E-state index in [2.05, 4.69) is 85.1 Å². The van der Waals surface area contributed by atoms with Gasteiger partial charge in [-0.1, -0.05) is 32.0 Å². The van der Waals surface area contributed by atoms with Gasteiger partial charge in [-0.25, -0.2) is 9.97 Å². The van der Waals surface area contributed by atoms with E-state index in [-0.39, 0.29) is 5.54 Å². The number of piperidine rings is 1. The molecule has 3 aromatic rings. The molecule has 1 aromatic heterocycles. The second kappa shape index (κ2) is 10.9. The van der Waals surface area contributed by atoms with Crippen molar-refractivity contribution in [3.63, 3.8) is 0 Å². The molecule has 2 aliphatic rings. The van der Waals surface area contributed by atoms with Crippen LogP contribution in [0.2, 0.25) is 0 Å². The average molecular weight is 502 g/mol. The van der Waals surface area contributed by atoms with E-state index in [1.807, 2.05) is 0 Å². The van der Waals surface area contributed by atoms with Crippen LogP contribution >= 0.6 is 0 Å². The van der Waals surface area contributed by atoms with Crippen molar-refractivity contribution < 1.29 is 4.74 Å². The summed E-state index contributed by atoms with van der Waals surface area (Å²) < 4.78 is 5.68. The molecule has 0 N–H and O–H groups in total. The summed E-state index contributed by atoms with van der Waals surface area (Å²) in [5.41, 5.74) is 3.63. The predicted molar refractivity (Wildman–Crippen MR) is 154 cm³/mol. The number of benzene rings is 2. The summed E-state index contributed by atoms with van der Waals surface area (Å²) >= 11 is 0. The van der Waals surface area contributed by atoms with Crippen molar-refractivity contribution in [1.29, 1.82) is 0 Å². The van der Waals surface area contributed by atoms with Crippen LogP contribution in [-0.2, 0) is 5.54 Å². The number of para-hydroxylation sites is 1. The maximum atomic E-state index is 5.68. The molecule has 0 amide bonds. The van der Waals surface area contributed by atoms with Crippen LogP contribution in [0.4, 0.5) is 11.5 Å². The Labute approximate surface area is 222 Å². The van der Waals surface area contributed by atoms with Crippen LogP contribution in [0.25, 0.3) is 10.9 Å². The van der Waals surface area contributed by atoms with Crippen LogP contribution in [0.5, 0.6) is 5.75 Å². The Morgan fingerprint density at radius 1 is 0.973 bits per heavy atom. The standard InChI is InChI=1S/C31H43N5O/c1-6-18-34(3)24-12-13-27-26(22-24)29(33-30(32-27)31(16-17-31)35(4)19-7-2)36-20-14-23(15-21-36)25-10-8-9-11-28(25)37-5/h8-13,22-23H,6-7,14-21H2,1-5H3. The summed E-state index contributed by atoms with van der Waals surface area (Å²) in [7, 11) is 6.20. The first-order valence-electron chi connectivity index (χ1n) is 14.1. The number of anilines is 2. The highest BCUT2D eigenvalue weighted by Crippen LogP contribution is 2.50. The molecule has 0 spiro atoms. The van der Waals surface area contributed by atoms with Crippen molar-refractivity contribution in [2.24, 2.45) is 0 Å². The lowest BCUT2D eigenvalue weighted by molar-refractivity contribution is 0.213. The Morgan fingerprint density at radius 2 is 1.70 bits per heavy atom. The van der Waals surface area contributed by atoms with Gasteiger partial charge < -0.3 is 14.5 Å². The van der Waals surface area contributed by atoms with Gasteiger partial charge in [0.1, 0.15) is 11.6 Å². The second-order valence-electron chi connectivity index (χ2n) is 11.0. The van der Waals surface area contributed by atoms with Gasteiger partial charge in [-0.3, -0.25) is 4.90 Å². The largest absolute Gasteiger partial charge is 0.496 e. The summed E-state index contributed by atoms with van der Waals surface area (Å²) in [4.78, 5) is 17.9. The van der Waals surface area contributed by atoms with E-state index in [1.165, 1.54) is 16.6 Å². The fourth-order valence-corrected chi connectivity index (χ4v) is 6.10. The van der Waals surface area contributed by atoms with Crippen LogP contribution in [0.1, 0.15) is 69.7 Å². The van der Waals surface area contributed by atoms with E-state index in [0.717, 1.165) is 87.6 Å². The van der Waals surface area contributed by atoms with Gasteiger partial charge in [0.15, 0.2) is 5.82 Å². The number of methoxy groups -OCH3 is 1. The highest BCUT2D eigenvalue weighted by Gasteiger charge is 2.50. The molecule has 2 aromatic carbocycles. The molecule has 6 nitrogen and oxygen atoms in total. The lowest BCUT2D eigenvalue weighted by Crippen LogP contribution is -2.36. The number of hydrogen-bond donors (Lipinski definition) is 0. The number of hydrogen-bond acceptors (Lipinski definition) is 6. The lowest BCUT2D eigenvalue weighted by atomic mass is 9.88. The Hall–Kier alpha value is -2.86. The van der Waals surface area contributed by atoms with Gasteiger partial charge in [0.25, 0.3) is 0 Å². The first-order valence-corrected chi connectivity index (χ1v) is 14.1. The second-order valence-corrected chi connectivity index (χ2v) is 11.0. The smallest absolute Gasteiger partial charge is 0.151 e. The van der Waals surface area contributed by atoms with Gasteiger partial charge >= 0.3 is 0 Å². The minimum atomic E-state index is -0.00759. The number of aromatic nitrogens is 2. The third kappa shape index (κ3) is 5.00. The highest BCUT2D eigenvalue weighted by atomic mass is 16.5. The molecular formula is C31H43N5O. The normalized spacial score (nSPS) is 17.4. The van der Waals surface area contributed by atoms with E-state index < -0.39 is 0 Å². The predicted octanol–water partition coefficient (Wildman–Crippen LogP) is 6.20. The SMILES string of the molecule is CCCN(C)c1ccc2nc(C3(N(C)CCC)CC3)nc(N3CCC(c4ccccc4OC)CC3)c2c1. The zero-order valence-electron chi connectivity index (χ0n) is 23.3. The minimum absolute atomic E-state index is 0.00759. The number of fused-ring (bicyclic) bond motifs is 1. The van der Waals surface area contributed by atoms with E-state index in [4.69, 9.17) is 14.7 Å². The van der Waals surface area contributed by atoms with Gasteiger partial charge in [0, 0.05) is 37.8 Å². The molecule has 0 radical (unpaired) electrons. The van der Waals surface area contributed by atoms with Crippen molar-refractivity contribution in [2.45, 2.75) is 63.8 Å². The van der Waals surface area contributed by atoms with Crippen LogP contribution in [0.3, 0.4) is 0 Å². The Bertz CT molecular complexity index is 1220. The molecule has 2 heterocycles. The van der Waals surface area contributed by atoms with E-state index in [0.29, 0.717) is 5.92 Å². The summed E-state index contributed by atoms with van der Waals surface area (Å²) in [6, 6.07) is 15.2. The third-order valence-electron chi connectivity index (χ3n) is 8.46. The van der Waals surface area contributed by atoms with Crippen molar-refractivity contribution in [2.75, 3.05) is 57.2 Å². The molecule has 1 aliphatic carbocycles. The fraction of sp³-hybridized carbons (Fsp3) is 0.548. The molecule has 0 unspecified atom stereocenters. The number of rotatable bonds is 10. The van der Waals surface area contributed by atoms with Crippen LogP contribution in [0, 0.1) is 0 Å². The van der Waals surface area contributed by atoms with Crippen molar-refractivity contribution >= 4 is 22.4 Å². The minimum Gasteiger partial charge on any atom is -0.496 e. The third-order valence-corrected chi connectivity index (χ3v) is 8.46. The molecule has 1 saturated carbocycles. The van der Waals surface area contributed by atoms with E-state index in [1.54, 1.807) is 7.11 Å². The Morgan fingerprint density at radius 3 is 2.38 bits per heavy atom. The summed E-state index contributed by atoms with van der Waals surface area (Å²) in [5, 5.41) is 1.17. The highest BCUT2D eigenvalue weighted by molar-refractivity contribution is 5.92. The molecule has 198 valence electrons. The quantitative estimate of drug-likeness (QED) is 0.330. The first-order chi connectivity index (χ1) is 18.0. The molecular weight excluding hydrogens is 458 g/mol. The van der Waals surface area contributed by atoms with Crippen molar-refractivity contribution in [3.05, 3.63) is 53.9 Å². The molecule has 0 atom stereocenters. The van der Waals surface area contributed by atoms with Crippen molar-refractivity contribution in [1.82, 2.24) is 14.9 Å². The maximum absolute atomic E-state index is 5.68. The molecule has 6 heteroatoms. The van der Waals surface area contributed by atoms with E-state index in [9.17, 15) is 0 Å². The molecule has 37 heavy (non-hydrogen) atoms. The lowest BCUT2D eigenvalue weighted by Gasteiger charge is -2.35. The zero-order chi connectivity index (χ0) is 26.0. The average Bonchev–Trinajstić information content (AvgIpc) is 3.75. The molecule has 1 aliphatic heterocycles. The van der Waals surface area contributed by atoms with Gasteiger partial charge in [-0.2, -0.15) is 0 Å². The molecule has 0 bridgehead atoms. The van der Waals surface area contributed by atoms with Gasteiger partial charge in [-0.05, 0) is 87.9 Å². The van der Waals surface area contributed by atoms with Gasteiger partial charge in [0.05, 0.1) is 18.2 Å².